The SMILES string of the molecule is On1cc(C(F)(F)F)c2cc(-c3c(C(F)(F)F)c4ccncc4n3O)cnc21. The third-order valence-corrected chi connectivity index (χ3v) is 4.23. The number of pyridine rings is 2. The lowest BCUT2D eigenvalue weighted by molar-refractivity contribution is -0.137. The summed E-state index contributed by atoms with van der Waals surface area (Å²) in [7, 11) is 0. The normalized spacial score (nSPS) is 12.9. The lowest BCUT2D eigenvalue weighted by Gasteiger charge is -2.11. The highest BCUT2D eigenvalue weighted by Gasteiger charge is 2.40. The molecule has 0 aliphatic carbocycles. The van der Waals surface area contributed by atoms with E-state index in [4.69, 9.17) is 0 Å². The minimum Gasteiger partial charge on any atom is -0.428 e. The van der Waals surface area contributed by atoms with Gasteiger partial charge in [0.05, 0.1) is 23.5 Å². The fourth-order valence-corrected chi connectivity index (χ4v) is 3.12. The first-order valence-electron chi connectivity index (χ1n) is 7.53. The second-order valence-corrected chi connectivity index (χ2v) is 5.91. The van der Waals surface area contributed by atoms with E-state index in [1.54, 1.807) is 0 Å². The minimum absolute atomic E-state index is 0.130. The van der Waals surface area contributed by atoms with Gasteiger partial charge in [-0.15, -0.1) is 0 Å². The quantitative estimate of drug-likeness (QED) is 0.361. The average Bonchev–Trinajstić information content (AvgIpc) is 3.10. The summed E-state index contributed by atoms with van der Waals surface area (Å²) in [6.45, 7) is 0. The molecule has 0 radical (unpaired) electrons. The van der Waals surface area contributed by atoms with Gasteiger partial charge in [0.25, 0.3) is 0 Å². The van der Waals surface area contributed by atoms with E-state index in [-0.39, 0.29) is 20.4 Å². The summed E-state index contributed by atoms with van der Waals surface area (Å²) < 4.78 is 80.9. The lowest BCUT2D eigenvalue weighted by Crippen LogP contribution is -2.08. The van der Waals surface area contributed by atoms with Crippen LogP contribution in [0.25, 0.3) is 33.2 Å². The van der Waals surface area contributed by atoms with Crippen LogP contribution in [0, 0.1) is 0 Å². The molecule has 0 saturated carbocycles. The zero-order chi connectivity index (χ0) is 20.4. The van der Waals surface area contributed by atoms with E-state index in [1.807, 2.05) is 0 Å². The minimum atomic E-state index is -4.92. The third kappa shape index (κ3) is 2.52. The molecule has 0 aliphatic rings. The maximum Gasteiger partial charge on any atom is 0.419 e. The topological polar surface area (TPSA) is 76.1 Å². The Bertz CT molecular complexity index is 1220. The van der Waals surface area contributed by atoms with Crippen LogP contribution in [-0.2, 0) is 12.4 Å². The van der Waals surface area contributed by atoms with Gasteiger partial charge in [0.15, 0.2) is 5.65 Å². The molecule has 0 unspecified atom stereocenters. The summed E-state index contributed by atoms with van der Waals surface area (Å²) in [4.78, 5) is 7.29. The molecule has 0 spiro atoms. The first kappa shape index (κ1) is 17.9. The standard InChI is InChI=1S/C16H8F6N4O2/c17-15(18,19)10-6-25(27)14-9(10)3-7(4-24-14)13-12(16(20,21)22)8-1-2-23-5-11(8)26(13)28/h1-6,27-28H. The molecule has 12 heteroatoms. The number of hydrogen-bond acceptors (Lipinski definition) is 4. The van der Waals surface area contributed by atoms with Crippen LogP contribution in [0.4, 0.5) is 26.3 Å². The van der Waals surface area contributed by atoms with Crippen LogP contribution in [-0.4, -0.2) is 29.8 Å². The number of nitrogens with zero attached hydrogens (tertiary/aromatic N) is 4. The summed E-state index contributed by atoms with van der Waals surface area (Å²) in [5.41, 5.74) is -4.51. The second-order valence-electron chi connectivity index (χ2n) is 5.91. The zero-order valence-electron chi connectivity index (χ0n) is 13.4. The van der Waals surface area contributed by atoms with Crippen LogP contribution in [0.2, 0.25) is 0 Å². The van der Waals surface area contributed by atoms with Crippen molar-refractivity contribution in [3.05, 3.63) is 48.0 Å². The van der Waals surface area contributed by atoms with Crippen LogP contribution in [0.5, 0.6) is 0 Å². The first-order chi connectivity index (χ1) is 13.0. The highest BCUT2D eigenvalue weighted by Crippen LogP contribution is 2.44. The molecule has 0 aliphatic heterocycles. The maximum atomic E-state index is 13.7. The summed E-state index contributed by atoms with van der Waals surface area (Å²) in [5.74, 6) is 0. The van der Waals surface area contributed by atoms with Gasteiger partial charge in [0.2, 0.25) is 0 Å². The van der Waals surface area contributed by atoms with E-state index < -0.39 is 45.8 Å². The fourth-order valence-electron chi connectivity index (χ4n) is 3.12. The van der Waals surface area contributed by atoms with Crippen LogP contribution in [0.15, 0.2) is 36.9 Å². The van der Waals surface area contributed by atoms with Crippen molar-refractivity contribution in [3.63, 3.8) is 0 Å². The fraction of sp³-hybridized carbons (Fsp3) is 0.125. The Hall–Kier alpha value is -3.44. The second kappa shape index (κ2) is 5.53. The molecule has 0 amide bonds. The van der Waals surface area contributed by atoms with Gasteiger partial charge >= 0.3 is 12.4 Å². The van der Waals surface area contributed by atoms with Crippen LogP contribution in [0.1, 0.15) is 11.1 Å². The monoisotopic (exact) mass is 402 g/mol. The summed E-state index contributed by atoms with van der Waals surface area (Å²) in [6, 6.07) is 1.81. The van der Waals surface area contributed by atoms with Crippen molar-refractivity contribution in [1.82, 2.24) is 19.4 Å². The molecule has 0 fully saturated rings. The lowest BCUT2D eigenvalue weighted by atomic mass is 10.0. The smallest absolute Gasteiger partial charge is 0.419 e. The molecular formula is C16H8F6N4O2. The number of halogens is 6. The first-order valence-corrected chi connectivity index (χ1v) is 7.53. The third-order valence-electron chi connectivity index (χ3n) is 4.23. The average molecular weight is 402 g/mol. The number of rotatable bonds is 1. The van der Waals surface area contributed by atoms with E-state index in [2.05, 4.69) is 9.97 Å². The molecule has 4 aromatic heterocycles. The van der Waals surface area contributed by atoms with Crippen molar-refractivity contribution < 1.29 is 36.8 Å². The van der Waals surface area contributed by atoms with Crippen molar-refractivity contribution in [2.24, 2.45) is 0 Å². The highest BCUT2D eigenvalue weighted by atomic mass is 19.4. The van der Waals surface area contributed by atoms with Gasteiger partial charge in [-0.25, -0.2) is 4.98 Å². The molecular weight excluding hydrogens is 394 g/mol. The predicted molar refractivity (Wildman–Crippen MR) is 82.8 cm³/mol. The molecule has 4 aromatic rings. The Morgan fingerprint density at radius 1 is 0.929 bits per heavy atom. The Morgan fingerprint density at radius 3 is 2.29 bits per heavy atom. The highest BCUT2D eigenvalue weighted by molar-refractivity contribution is 5.93. The summed E-state index contributed by atoms with van der Waals surface area (Å²) >= 11 is 0. The van der Waals surface area contributed by atoms with Crippen molar-refractivity contribution >= 4 is 21.9 Å². The molecule has 146 valence electrons. The van der Waals surface area contributed by atoms with E-state index in [9.17, 15) is 36.8 Å². The summed E-state index contributed by atoms with van der Waals surface area (Å²) in [5, 5.41) is 18.8. The van der Waals surface area contributed by atoms with Gasteiger partial charge in [-0.05, 0) is 12.1 Å². The molecule has 2 N–H and O–H groups in total. The van der Waals surface area contributed by atoms with Crippen LogP contribution < -0.4 is 0 Å². The van der Waals surface area contributed by atoms with E-state index in [0.717, 1.165) is 30.7 Å². The largest absolute Gasteiger partial charge is 0.428 e. The Morgan fingerprint density at radius 2 is 1.64 bits per heavy atom. The summed E-state index contributed by atoms with van der Waals surface area (Å²) in [6.07, 6.45) is -6.52. The number of fused-ring (bicyclic) bond motifs is 2. The number of aromatic nitrogens is 4. The predicted octanol–water partition coefficient (Wildman–Crippen LogP) is 4.57. The van der Waals surface area contributed by atoms with E-state index in [1.165, 1.54) is 0 Å². The molecule has 0 atom stereocenters. The van der Waals surface area contributed by atoms with Crippen molar-refractivity contribution in [2.75, 3.05) is 0 Å². The van der Waals surface area contributed by atoms with Gasteiger partial charge in [-0.3, -0.25) is 4.98 Å². The Balaban J connectivity index is 2.09. The van der Waals surface area contributed by atoms with Crippen molar-refractivity contribution in [3.8, 4) is 11.3 Å². The van der Waals surface area contributed by atoms with Gasteiger partial charge in [0.1, 0.15) is 11.2 Å². The molecule has 0 saturated heterocycles. The Kier molecular flexibility index (Phi) is 3.55. The molecule has 6 nitrogen and oxygen atoms in total. The van der Waals surface area contributed by atoms with Gasteiger partial charge in [-0.2, -0.15) is 35.8 Å². The van der Waals surface area contributed by atoms with Crippen LogP contribution >= 0.6 is 0 Å². The molecule has 0 aromatic carbocycles. The van der Waals surface area contributed by atoms with Gasteiger partial charge in [-0.1, -0.05) is 0 Å². The van der Waals surface area contributed by atoms with Crippen molar-refractivity contribution in [2.45, 2.75) is 12.4 Å². The molecule has 28 heavy (non-hydrogen) atoms. The van der Waals surface area contributed by atoms with Gasteiger partial charge in [0, 0.05) is 28.7 Å². The van der Waals surface area contributed by atoms with Crippen LogP contribution in [0.3, 0.4) is 0 Å². The molecule has 4 heterocycles. The van der Waals surface area contributed by atoms with E-state index >= 15 is 0 Å². The maximum absolute atomic E-state index is 13.7. The van der Waals surface area contributed by atoms with E-state index in [0.29, 0.717) is 6.20 Å². The zero-order valence-corrected chi connectivity index (χ0v) is 13.4. The van der Waals surface area contributed by atoms with Crippen molar-refractivity contribution in [1.29, 1.82) is 0 Å². The molecule has 0 bridgehead atoms. The Labute approximate surface area is 150 Å². The molecule has 4 rings (SSSR count). The number of hydrogen-bond donors (Lipinski definition) is 2. The number of alkyl halides is 6. The van der Waals surface area contributed by atoms with Gasteiger partial charge < -0.3 is 10.4 Å².